The Balaban J connectivity index is 2.68. The minimum absolute atomic E-state index is 0.0773. The number of anilines is 1. The van der Waals surface area contributed by atoms with E-state index in [1.54, 1.807) is 18.2 Å². The topological polar surface area (TPSA) is 74.9 Å². The molecule has 0 aliphatic carbocycles. The highest BCUT2D eigenvalue weighted by Crippen LogP contribution is 2.36. The van der Waals surface area contributed by atoms with Crippen LogP contribution in [0.2, 0.25) is 5.02 Å². The molecule has 0 fully saturated rings. The molecule has 0 saturated carbocycles. The molecule has 5 heteroatoms. The molecule has 72 valence electrons. The minimum atomic E-state index is 0.0773. The summed E-state index contributed by atoms with van der Waals surface area (Å²) in [5, 5.41) is 16.5. The van der Waals surface area contributed by atoms with Crippen LogP contribution < -0.4 is 5.73 Å². The molecule has 0 saturated heterocycles. The molecule has 0 aliphatic rings. The first-order chi connectivity index (χ1) is 6.70. The second kappa shape index (κ2) is 3.23. The van der Waals surface area contributed by atoms with Crippen molar-refractivity contribution in [1.82, 2.24) is 10.2 Å². The Morgan fingerprint density at radius 3 is 2.79 bits per heavy atom. The van der Waals surface area contributed by atoms with E-state index in [0.717, 1.165) is 0 Å². The molecule has 4 N–H and O–H groups in total. The van der Waals surface area contributed by atoms with Gasteiger partial charge in [0.25, 0.3) is 0 Å². The summed E-state index contributed by atoms with van der Waals surface area (Å²) in [4.78, 5) is 0. The second-order valence-corrected chi connectivity index (χ2v) is 3.24. The van der Waals surface area contributed by atoms with Crippen LogP contribution in [0.15, 0.2) is 24.4 Å². The highest BCUT2D eigenvalue weighted by Gasteiger charge is 2.12. The van der Waals surface area contributed by atoms with Gasteiger partial charge in [0.1, 0.15) is 5.75 Å². The first-order valence-electron chi connectivity index (χ1n) is 3.97. The van der Waals surface area contributed by atoms with Crippen molar-refractivity contribution in [3.8, 4) is 17.0 Å². The molecular weight excluding hydrogens is 202 g/mol. The Morgan fingerprint density at radius 2 is 2.21 bits per heavy atom. The van der Waals surface area contributed by atoms with Crippen LogP contribution in [-0.2, 0) is 0 Å². The zero-order valence-corrected chi connectivity index (χ0v) is 7.92. The van der Waals surface area contributed by atoms with E-state index in [1.165, 1.54) is 6.20 Å². The zero-order valence-electron chi connectivity index (χ0n) is 7.16. The molecule has 1 aromatic heterocycles. The molecule has 2 rings (SSSR count). The Hall–Kier alpha value is -1.68. The fourth-order valence-electron chi connectivity index (χ4n) is 1.26. The third-order valence-corrected chi connectivity index (χ3v) is 2.23. The van der Waals surface area contributed by atoms with E-state index in [9.17, 15) is 5.11 Å². The highest BCUT2D eigenvalue weighted by atomic mass is 35.5. The van der Waals surface area contributed by atoms with Gasteiger partial charge in [-0.15, -0.1) is 0 Å². The standard InChI is InChI=1S/C9H8ClN3O/c10-5-2-1-3-7(14)8(5)9-6(11)4-12-13-9/h1-4,14H,11H2,(H,12,13). The normalized spacial score (nSPS) is 10.4. The van der Waals surface area contributed by atoms with Crippen LogP contribution in [0.4, 0.5) is 5.69 Å². The van der Waals surface area contributed by atoms with Crippen LogP contribution in [0.3, 0.4) is 0 Å². The smallest absolute Gasteiger partial charge is 0.126 e. The Labute approximate surface area is 85.3 Å². The number of benzene rings is 1. The molecule has 1 aromatic carbocycles. The zero-order chi connectivity index (χ0) is 10.1. The molecule has 2 aromatic rings. The van der Waals surface area contributed by atoms with E-state index in [-0.39, 0.29) is 5.75 Å². The maximum Gasteiger partial charge on any atom is 0.126 e. The number of nitrogen functional groups attached to an aromatic ring is 1. The fraction of sp³-hybridized carbons (Fsp3) is 0. The summed E-state index contributed by atoms with van der Waals surface area (Å²) in [5.74, 6) is 0.0773. The number of phenols is 1. The van der Waals surface area contributed by atoms with Gasteiger partial charge < -0.3 is 10.8 Å². The number of hydrogen-bond acceptors (Lipinski definition) is 3. The van der Waals surface area contributed by atoms with Crippen molar-refractivity contribution in [3.63, 3.8) is 0 Å². The molecule has 14 heavy (non-hydrogen) atoms. The molecular formula is C9H8ClN3O. The molecule has 0 aliphatic heterocycles. The first kappa shape index (κ1) is 8.90. The van der Waals surface area contributed by atoms with Crippen molar-refractivity contribution in [2.24, 2.45) is 0 Å². The fourth-order valence-corrected chi connectivity index (χ4v) is 1.52. The largest absolute Gasteiger partial charge is 0.507 e. The number of aromatic nitrogens is 2. The number of aromatic hydroxyl groups is 1. The van der Waals surface area contributed by atoms with E-state index in [0.29, 0.717) is 22.0 Å². The Kier molecular flexibility index (Phi) is 2.05. The van der Waals surface area contributed by atoms with Gasteiger partial charge >= 0.3 is 0 Å². The maximum absolute atomic E-state index is 9.60. The third kappa shape index (κ3) is 1.29. The molecule has 0 bridgehead atoms. The van der Waals surface area contributed by atoms with Crippen LogP contribution in [0.5, 0.6) is 5.75 Å². The summed E-state index contributed by atoms with van der Waals surface area (Å²) in [6.07, 6.45) is 1.47. The quantitative estimate of drug-likeness (QED) is 0.673. The number of rotatable bonds is 1. The first-order valence-corrected chi connectivity index (χ1v) is 4.34. The van der Waals surface area contributed by atoms with Gasteiger partial charge in [0.05, 0.1) is 28.2 Å². The minimum Gasteiger partial charge on any atom is -0.507 e. The SMILES string of the molecule is Nc1cn[nH]c1-c1c(O)cccc1Cl. The third-order valence-electron chi connectivity index (χ3n) is 1.91. The lowest BCUT2D eigenvalue weighted by atomic mass is 10.1. The van der Waals surface area contributed by atoms with Crippen molar-refractivity contribution in [3.05, 3.63) is 29.4 Å². The predicted molar refractivity (Wildman–Crippen MR) is 55.1 cm³/mol. The molecule has 4 nitrogen and oxygen atoms in total. The van der Waals surface area contributed by atoms with Crippen LogP contribution in [0.25, 0.3) is 11.3 Å². The number of nitrogens with zero attached hydrogens (tertiary/aromatic N) is 1. The van der Waals surface area contributed by atoms with E-state index >= 15 is 0 Å². The van der Waals surface area contributed by atoms with Gasteiger partial charge in [-0.1, -0.05) is 17.7 Å². The summed E-state index contributed by atoms with van der Waals surface area (Å²) in [7, 11) is 0. The maximum atomic E-state index is 9.60. The summed E-state index contributed by atoms with van der Waals surface area (Å²) < 4.78 is 0. The number of halogens is 1. The van der Waals surface area contributed by atoms with Gasteiger partial charge in [0, 0.05) is 0 Å². The Morgan fingerprint density at radius 1 is 1.43 bits per heavy atom. The van der Waals surface area contributed by atoms with E-state index < -0.39 is 0 Å². The van der Waals surface area contributed by atoms with Crippen molar-refractivity contribution in [1.29, 1.82) is 0 Å². The van der Waals surface area contributed by atoms with E-state index in [1.807, 2.05) is 0 Å². The number of H-pyrrole nitrogens is 1. The number of nitrogens with two attached hydrogens (primary N) is 1. The van der Waals surface area contributed by atoms with Crippen LogP contribution >= 0.6 is 11.6 Å². The van der Waals surface area contributed by atoms with Gasteiger partial charge in [-0.3, -0.25) is 5.10 Å². The van der Waals surface area contributed by atoms with Crippen molar-refractivity contribution < 1.29 is 5.11 Å². The lowest BCUT2D eigenvalue weighted by molar-refractivity contribution is 0.477. The summed E-state index contributed by atoms with van der Waals surface area (Å²) in [6.45, 7) is 0. The average molecular weight is 210 g/mol. The van der Waals surface area contributed by atoms with Crippen molar-refractivity contribution in [2.75, 3.05) is 5.73 Å². The van der Waals surface area contributed by atoms with Gasteiger partial charge in [-0.2, -0.15) is 5.10 Å². The number of aromatic amines is 1. The number of nitrogens with one attached hydrogen (secondary N) is 1. The molecule has 0 radical (unpaired) electrons. The lowest BCUT2D eigenvalue weighted by Gasteiger charge is -2.04. The summed E-state index contributed by atoms with van der Waals surface area (Å²) in [6, 6.07) is 4.88. The van der Waals surface area contributed by atoms with E-state index in [2.05, 4.69) is 10.2 Å². The average Bonchev–Trinajstić information content (AvgIpc) is 2.52. The second-order valence-electron chi connectivity index (χ2n) is 2.83. The summed E-state index contributed by atoms with van der Waals surface area (Å²) >= 11 is 5.93. The molecule has 1 heterocycles. The van der Waals surface area contributed by atoms with Gasteiger partial charge in [0.2, 0.25) is 0 Å². The highest BCUT2D eigenvalue weighted by molar-refractivity contribution is 6.33. The summed E-state index contributed by atoms with van der Waals surface area (Å²) in [5.41, 5.74) is 7.11. The van der Waals surface area contributed by atoms with Gasteiger partial charge in [-0.05, 0) is 12.1 Å². The van der Waals surface area contributed by atoms with E-state index in [4.69, 9.17) is 17.3 Å². The molecule has 0 atom stereocenters. The van der Waals surface area contributed by atoms with Gasteiger partial charge in [-0.25, -0.2) is 0 Å². The molecule has 0 spiro atoms. The Bertz CT molecular complexity index is 447. The monoisotopic (exact) mass is 209 g/mol. The number of phenolic OH excluding ortho intramolecular Hbond substituents is 1. The molecule has 0 amide bonds. The van der Waals surface area contributed by atoms with Crippen molar-refractivity contribution >= 4 is 17.3 Å². The van der Waals surface area contributed by atoms with Crippen LogP contribution in [0.1, 0.15) is 0 Å². The van der Waals surface area contributed by atoms with Crippen LogP contribution in [-0.4, -0.2) is 15.3 Å². The predicted octanol–water partition coefficient (Wildman–Crippen LogP) is 2.02. The van der Waals surface area contributed by atoms with Gasteiger partial charge in [0.15, 0.2) is 0 Å². The lowest BCUT2D eigenvalue weighted by Crippen LogP contribution is -1.88. The molecule has 0 unspecified atom stereocenters. The van der Waals surface area contributed by atoms with Crippen LogP contribution in [0, 0.1) is 0 Å². The van der Waals surface area contributed by atoms with Crippen molar-refractivity contribution in [2.45, 2.75) is 0 Å². The number of hydrogen-bond donors (Lipinski definition) is 3.